The lowest BCUT2D eigenvalue weighted by atomic mass is 10.2. The number of hydrogen-bond acceptors (Lipinski definition) is 3. The van der Waals surface area contributed by atoms with Crippen LogP contribution in [-0.4, -0.2) is 20.2 Å². The highest BCUT2D eigenvalue weighted by Gasteiger charge is 2.11. The second kappa shape index (κ2) is 3.67. The van der Waals surface area contributed by atoms with Crippen LogP contribution in [0.3, 0.4) is 0 Å². The molecule has 11 heavy (non-hydrogen) atoms. The number of tetrazole rings is 1. The Balaban J connectivity index is 2.60. The highest BCUT2D eigenvalue weighted by molar-refractivity contribution is 6.20. The first-order valence-electron chi connectivity index (χ1n) is 3.62. The van der Waals surface area contributed by atoms with Gasteiger partial charge in [-0.1, -0.05) is 13.3 Å². The minimum atomic E-state index is -0.0892. The maximum atomic E-state index is 5.94. The van der Waals surface area contributed by atoms with E-state index in [9.17, 15) is 0 Å². The zero-order valence-corrected chi connectivity index (χ0v) is 7.41. The molecule has 5 heteroatoms. The van der Waals surface area contributed by atoms with Gasteiger partial charge in [-0.3, -0.25) is 0 Å². The van der Waals surface area contributed by atoms with Crippen LogP contribution in [0.1, 0.15) is 31.0 Å². The van der Waals surface area contributed by atoms with Crippen LogP contribution in [0.15, 0.2) is 0 Å². The van der Waals surface area contributed by atoms with Gasteiger partial charge in [0.05, 0.1) is 12.4 Å². The smallest absolute Gasteiger partial charge is 0.167 e. The normalized spacial score (nSPS) is 13.4. The molecule has 4 nitrogen and oxygen atoms in total. The molecule has 62 valence electrons. The molecule has 0 saturated heterocycles. The predicted octanol–water partition coefficient (Wildman–Crippen LogP) is 1.29. The fourth-order valence-corrected chi connectivity index (χ4v) is 1.11. The van der Waals surface area contributed by atoms with Crippen molar-refractivity contribution in [3.63, 3.8) is 0 Å². The van der Waals surface area contributed by atoms with Gasteiger partial charge in [-0.15, -0.1) is 21.8 Å². The number of halogens is 1. The molecule has 0 spiro atoms. The van der Waals surface area contributed by atoms with Crippen LogP contribution < -0.4 is 0 Å². The summed E-state index contributed by atoms with van der Waals surface area (Å²) in [6.45, 7) is 2.08. The Kier molecular flexibility index (Phi) is 2.82. The van der Waals surface area contributed by atoms with Gasteiger partial charge >= 0.3 is 0 Å². The molecule has 0 aliphatic rings. The molecule has 0 aliphatic heterocycles. The molecule has 0 radical (unpaired) electrons. The van der Waals surface area contributed by atoms with Crippen LogP contribution in [0.5, 0.6) is 0 Å². The van der Waals surface area contributed by atoms with Crippen LogP contribution in [0.2, 0.25) is 0 Å². The molecule has 0 saturated carbocycles. The third-order valence-electron chi connectivity index (χ3n) is 1.35. The summed E-state index contributed by atoms with van der Waals surface area (Å²) in [5.41, 5.74) is 0. The highest BCUT2D eigenvalue weighted by atomic mass is 35.5. The van der Waals surface area contributed by atoms with Gasteiger partial charge in [-0.25, -0.2) is 0 Å². The van der Waals surface area contributed by atoms with Crippen molar-refractivity contribution in [3.8, 4) is 0 Å². The van der Waals surface area contributed by atoms with E-state index in [1.807, 2.05) is 0 Å². The lowest BCUT2D eigenvalue weighted by molar-refractivity contribution is 0.625. The summed E-state index contributed by atoms with van der Waals surface area (Å²) in [6.07, 6.45) is 1.93. The first-order chi connectivity index (χ1) is 5.24. The molecule has 0 fully saturated rings. The standard InChI is InChI=1S/C6H11ClN4/c1-3-4-5(7)6-8-10-11(2)9-6/h5H,3-4H2,1-2H3. The van der Waals surface area contributed by atoms with E-state index in [0.717, 1.165) is 12.8 Å². The number of nitrogens with zero attached hydrogens (tertiary/aromatic N) is 4. The minimum Gasteiger partial charge on any atom is -0.167 e. The number of aryl methyl sites for hydroxylation is 1. The van der Waals surface area contributed by atoms with Crippen molar-refractivity contribution in [2.75, 3.05) is 0 Å². The monoisotopic (exact) mass is 174 g/mol. The number of rotatable bonds is 3. The van der Waals surface area contributed by atoms with E-state index in [1.54, 1.807) is 7.05 Å². The third kappa shape index (κ3) is 2.15. The Morgan fingerprint density at radius 2 is 2.36 bits per heavy atom. The maximum Gasteiger partial charge on any atom is 0.192 e. The fraction of sp³-hybridized carbons (Fsp3) is 0.833. The SMILES string of the molecule is CCCC(Cl)c1nnn(C)n1. The van der Waals surface area contributed by atoms with Gasteiger partial charge in [0.25, 0.3) is 0 Å². The van der Waals surface area contributed by atoms with E-state index >= 15 is 0 Å². The topological polar surface area (TPSA) is 43.6 Å². The van der Waals surface area contributed by atoms with Gasteiger partial charge in [0.2, 0.25) is 0 Å². The van der Waals surface area contributed by atoms with Crippen LogP contribution in [0.4, 0.5) is 0 Å². The molecule has 1 rings (SSSR count). The van der Waals surface area contributed by atoms with Gasteiger partial charge < -0.3 is 0 Å². The molecule has 1 aromatic rings. The van der Waals surface area contributed by atoms with E-state index < -0.39 is 0 Å². The number of aromatic nitrogens is 4. The summed E-state index contributed by atoms with van der Waals surface area (Å²) >= 11 is 5.94. The van der Waals surface area contributed by atoms with Gasteiger partial charge in [-0.05, 0) is 11.6 Å². The molecule has 0 amide bonds. The van der Waals surface area contributed by atoms with Crippen molar-refractivity contribution in [2.24, 2.45) is 7.05 Å². The largest absolute Gasteiger partial charge is 0.192 e. The zero-order valence-electron chi connectivity index (χ0n) is 6.66. The molecule has 0 aromatic carbocycles. The average molecular weight is 175 g/mol. The van der Waals surface area contributed by atoms with Gasteiger partial charge in [0.15, 0.2) is 5.82 Å². The zero-order chi connectivity index (χ0) is 8.27. The van der Waals surface area contributed by atoms with Crippen molar-refractivity contribution in [2.45, 2.75) is 25.1 Å². The van der Waals surface area contributed by atoms with Crippen molar-refractivity contribution < 1.29 is 0 Å². The van der Waals surface area contributed by atoms with Gasteiger partial charge in [-0.2, -0.15) is 4.80 Å². The summed E-state index contributed by atoms with van der Waals surface area (Å²) in [5.74, 6) is 0.621. The van der Waals surface area contributed by atoms with E-state index in [4.69, 9.17) is 11.6 Å². The number of alkyl halides is 1. The number of hydrogen-bond donors (Lipinski definition) is 0. The Morgan fingerprint density at radius 1 is 1.64 bits per heavy atom. The first kappa shape index (κ1) is 8.46. The summed E-state index contributed by atoms with van der Waals surface area (Å²) in [6, 6.07) is 0. The lowest BCUT2D eigenvalue weighted by Crippen LogP contribution is -1.95. The second-order valence-corrected chi connectivity index (χ2v) is 2.92. The van der Waals surface area contributed by atoms with Gasteiger partial charge in [0.1, 0.15) is 0 Å². The predicted molar refractivity (Wildman–Crippen MR) is 42.3 cm³/mol. The van der Waals surface area contributed by atoms with Crippen LogP contribution >= 0.6 is 11.6 Å². The average Bonchev–Trinajstić information content (AvgIpc) is 2.36. The lowest BCUT2D eigenvalue weighted by Gasteiger charge is -1.99. The molecule has 1 atom stereocenters. The van der Waals surface area contributed by atoms with Crippen molar-refractivity contribution in [3.05, 3.63) is 5.82 Å². The molecule has 0 aliphatic carbocycles. The van der Waals surface area contributed by atoms with Crippen molar-refractivity contribution >= 4 is 11.6 Å². The van der Waals surface area contributed by atoms with Gasteiger partial charge in [0, 0.05) is 0 Å². The van der Waals surface area contributed by atoms with E-state index in [1.165, 1.54) is 4.80 Å². The molecule has 0 bridgehead atoms. The summed E-state index contributed by atoms with van der Waals surface area (Å²) < 4.78 is 0. The quantitative estimate of drug-likeness (QED) is 0.649. The molecule has 1 unspecified atom stereocenters. The third-order valence-corrected chi connectivity index (χ3v) is 1.76. The van der Waals surface area contributed by atoms with Crippen LogP contribution in [-0.2, 0) is 7.05 Å². The minimum absolute atomic E-state index is 0.0892. The Labute approximate surface area is 70.5 Å². The van der Waals surface area contributed by atoms with Crippen molar-refractivity contribution in [1.29, 1.82) is 0 Å². The summed E-state index contributed by atoms with van der Waals surface area (Å²) in [4.78, 5) is 1.42. The summed E-state index contributed by atoms with van der Waals surface area (Å²) in [7, 11) is 1.73. The molecular weight excluding hydrogens is 164 g/mol. The van der Waals surface area contributed by atoms with Crippen LogP contribution in [0, 0.1) is 0 Å². The van der Waals surface area contributed by atoms with E-state index in [-0.39, 0.29) is 5.38 Å². The summed E-state index contributed by atoms with van der Waals surface area (Å²) in [5, 5.41) is 11.4. The van der Waals surface area contributed by atoms with E-state index in [2.05, 4.69) is 22.3 Å². The molecule has 1 aromatic heterocycles. The fourth-order valence-electron chi connectivity index (χ4n) is 0.807. The van der Waals surface area contributed by atoms with Crippen LogP contribution in [0.25, 0.3) is 0 Å². The Morgan fingerprint density at radius 3 is 2.82 bits per heavy atom. The second-order valence-electron chi connectivity index (χ2n) is 2.39. The first-order valence-corrected chi connectivity index (χ1v) is 4.05. The van der Waals surface area contributed by atoms with E-state index in [0.29, 0.717) is 5.82 Å². The molecule has 1 heterocycles. The highest BCUT2D eigenvalue weighted by Crippen LogP contribution is 2.20. The maximum absolute atomic E-state index is 5.94. The van der Waals surface area contributed by atoms with Crippen molar-refractivity contribution in [1.82, 2.24) is 20.2 Å². The molecular formula is C6H11ClN4. The molecule has 0 N–H and O–H groups in total. The Bertz CT molecular complexity index is 222. The Hall–Kier alpha value is -0.640.